The highest BCUT2D eigenvalue weighted by atomic mass is 16.5. The molecule has 1 N–H and O–H groups in total. The molecule has 0 bridgehead atoms. The first-order chi connectivity index (χ1) is 11.6. The fourth-order valence-corrected chi connectivity index (χ4v) is 3.15. The Morgan fingerprint density at radius 2 is 1.92 bits per heavy atom. The second kappa shape index (κ2) is 8.84. The van der Waals surface area contributed by atoms with Gasteiger partial charge in [-0.2, -0.15) is 0 Å². The van der Waals surface area contributed by atoms with E-state index in [9.17, 15) is 9.90 Å². The minimum absolute atomic E-state index is 0.355. The molecular formula is C21H28O3. The van der Waals surface area contributed by atoms with Crippen LogP contribution in [0.2, 0.25) is 0 Å². The molecule has 1 saturated carbocycles. The summed E-state index contributed by atoms with van der Waals surface area (Å²) in [6.07, 6.45) is 13.7. The third-order valence-electron chi connectivity index (χ3n) is 4.86. The molecule has 1 fully saturated rings. The molecular weight excluding hydrogens is 300 g/mol. The Kier molecular flexibility index (Phi) is 6.80. The highest BCUT2D eigenvalue weighted by Gasteiger charge is 2.39. The van der Waals surface area contributed by atoms with Crippen LogP contribution in [0.4, 0.5) is 0 Å². The van der Waals surface area contributed by atoms with Crippen LogP contribution < -0.4 is 0 Å². The van der Waals surface area contributed by atoms with Crippen molar-refractivity contribution < 1.29 is 14.6 Å². The van der Waals surface area contributed by atoms with Crippen molar-refractivity contribution in [3.63, 3.8) is 0 Å². The van der Waals surface area contributed by atoms with E-state index in [1.807, 2.05) is 43.3 Å². The average molecular weight is 328 g/mol. The van der Waals surface area contributed by atoms with Gasteiger partial charge in [0.2, 0.25) is 0 Å². The highest BCUT2D eigenvalue weighted by Crippen LogP contribution is 2.28. The third-order valence-corrected chi connectivity index (χ3v) is 4.86. The van der Waals surface area contributed by atoms with E-state index in [1.54, 1.807) is 12.2 Å². The monoisotopic (exact) mass is 328 g/mol. The van der Waals surface area contributed by atoms with Crippen molar-refractivity contribution >= 4 is 12.0 Å². The van der Waals surface area contributed by atoms with Gasteiger partial charge < -0.3 is 9.84 Å². The highest BCUT2D eigenvalue weighted by molar-refractivity contribution is 5.83. The zero-order valence-corrected chi connectivity index (χ0v) is 14.7. The van der Waals surface area contributed by atoms with Crippen molar-refractivity contribution in [3.05, 3.63) is 54.1 Å². The number of carbonyl (C=O) groups excluding carboxylic acids is 1. The Morgan fingerprint density at radius 3 is 2.54 bits per heavy atom. The molecule has 0 amide bonds. The zero-order chi connectivity index (χ0) is 17.4. The summed E-state index contributed by atoms with van der Waals surface area (Å²) < 4.78 is 4.84. The number of benzene rings is 1. The zero-order valence-electron chi connectivity index (χ0n) is 14.7. The first-order valence-electron chi connectivity index (χ1n) is 8.79. The van der Waals surface area contributed by atoms with Gasteiger partial charge in [-0.05, 0) is 30.4 Å². The molecule has 1 aromatic carbocycles. The summed E-state index contributed by atoms with van der Waals surface area (Å²) >= 11 is 0. The largest absolute Gasteiger partial charge is 0.467 e. The fourth-order valence-electron chi connectivity index (χ4n) is 3.15. The summed E-state index contributed by atoms with van der Waals surface area (Å²) in [5, 5.41) is 10.9. The van der Waals surface area contributed by atoms with Crippen molar-refractivity contribution in [2.75, 3.05) is 7.11 Å². The molecule has 0 heterocycles. The van der Waals surface area contributed by atoms with Gasteiger partial charge in [0.25, 0.3) is 0 Å². The number of esters is 1. The number of allylic oxidation sites excluding steroid dienone is 1. The van der Waals surface area contributed by atoms with Crippen molar-refractivity contribution in [3.8, 4) is 0 Å². The Labute approximate surface area is 145 Å². The first kappa shape index (κ1) is 18.5. The number of carbonyl (C=O) groups is 1. The molecule has 1 aliphatic carbocycles. The second-order valence-electron chi connectivity index (χ2n) is 6.63. The summed E-state index contributed by atoms with van der Waals surface area (Å²) in [6.45, 7) is 1.85. The molecule has 1 aromatic rings. The van der Waals surface area contributed by atoms with Gasteiger partial charge in [0, 0.05) is 5.92 Å². The summed E-state index contributed by atoms with van der Waals surface area (Å²) in [6, 6.07) is 9.62. The molecule has 130 valence electrons. The number of ether oxygens (including phenoxy) is 1. The Morgan fingerprint density at radius 1 is 1.25 bits per heavy atom. The van der Waals surface area contributed by atoms with Gasteiger partial charge in [-0.1, -0.05) is 74.7 Å². The standard InChI is InChI=1S/C21H28O3/c1-17(13-14-18-9-5-3-6-10-18)21(23,20(22)24-2)16-15-19-11-7-4-8-12-19/h4,7-8,11-18,23H,3,5-6,9-10H2,1-2H3/b14-13+,16-15+/t17-,21-/m1/s1. The molecule has 0 unspecified atom stereocenters. The molecule has 2 atom stereocenters. The van der Waals surface area contributed by atoms with Crippen LogP contribution in [0.3, 0.4) is 0 Å². The minimum atomic E-state index is -1.66. The van der Waals surface area contributed by atoms with Gasteiger partial charge >= 0.3 is 5.97 Å². The molecule has 0 aliphatic heterocycles. The third kappa shape index (κ3) is 4.81. The molecule has 1 aliphatic rings. The summed E-state index contributed by atoms with van der Waals surface area (Å²) in [7, 11) is 1.31. The van der Waals surface area contributed by atoms with Gasteiger partial charge in [0.15, 0.2) is 5.60 Å². The van der Waals surface area contributed by atoms with Crippen molar-refractivity contribution in [1.82, 2.24) is 0 Å². The lowest BCUT2D eigenvalue weighted by molar-refractivity contribution is -0.160. The Bertz CT molecular complexity index is 570. The van der Waals surface area contributed by atoms with E-state index in [1.165, 1.54) is 39.2 Å². The van der Waals surface area contributed by atoms with Gasteiger partial charge in [-0.25, -0.2) is 4.79 Å². The van der Waals surface area contributed by atoms with E-state index >= 15 is 0 Å². The minimum Gasteiger partial charge on any atom is -0.467 e. The van der Waals surface area contributed by atoms with Crippen LogP contribution in [-0.4, -0.2) is 23.8 Å². The van der Waals surface area contributed by atoms with E-state index in [0.717, 1.165) is 5.56 Å². The first-order valence-corrected chi connectivity index (χ1v) is 8.79. The number of methoxy groups -OCH3 is 1. The van der Waals surface area contributed by atoms with Gasteiger partial charge in [0.1, 0.15) is 0 Å². The van der Waals surface area contributed by atoms with Crippen LogP contribution in [-0.2, 0) is 9.53 Å². The van der Waals surface area contributed by atoms with Crippen LogP contribution in [0.25, 0.3) is 6.08 Å². The quantitative estimate of drug-likeness (QED) is 0.623. The molecule has 24 heavy (non-hydrogen) atoms. The van der Waals surface area contributed by atoms with E-state index < -0.39 is 11.6 Å². The van der Waals surface area contributed by atoms with E-state index in [2.05, 4.69) is 6.08 Å². The van der Waals surface area contributed by atoms with Crippen LogP contribution in [0.5, 0.6) is 0 Å². The molecule has 0 aromatic heterocycles. The van der Waals surface area contributed by atoms with Crippen molar-refractivity contribution in [2.45, 2.75) is 44.6 Å². The molecule has 0 saturated heterocycles. The maximum absolute atomic E-state index is 12.2. The van der Waals surface area contributed by atoms with Crippen molar-refractivity contribution in [2.24, 2.45) is 11.8 Å². The normalized spacial score (nSPS) is 20.1. The van der Waals surface area contributed by atoms with Crippen molar-refractivity contribution in [1.29, 1.82) is 0 Å². The van der Waals surface area contributed by atoms with Crippen LogP contribution in [0.1, 0.15) is 44.6 Å². The lowest BCUT2D eigenvalue weighted by atomic mass is 9.84. The predicted octanol–water partition coefficient (Wildman–Crippen LogP) is 4.38. The number of hydrogen-bond donors (Lipinski definition) is 1. The molecule has 2 rings (SSSR count). The van der Waals surface area contributed by atoms with Gasteiger partial charge in [-0.15, -0.1) is 0 Å². The smallest absolute Gasteiger partial charge is 0.342 e. The van der Waals surface area contributed by atoms with Gasteiger partial charge in [-0.3, -0.25) is 0 Å². The number of aliphatic hydroxyl groups is 1. The Hall–Kier alpha value is -1.87. The summed E-state index contributed by atoms with van der Waals surface area (Å²) in [5.74, 6) is -0.427. The molecule has 0 radical (unpaired) electrons. The topological polar surface area (TPSA) is 46.5 Å². The number of hydrogen-bond acceptors (Lipinski definition) is 3. The van der Waals surface area contributed by atoms with E-state index in [4.69, 9.17) is 4.74 Å². The van der Waals surface area contributed by atoms with Crippen LogP contribution in [0, 0.1) is 11.8 Å². The maximum Gasteiger partial charge on any atom is 0.342 e. The SMILES string of the molecule is COC(=O)[C@@](O)(/C=C/c1ccccc1)[C@H](C)/C=C/C1CCCCC1. The summed E-state index contributed by atoms with van der Waals surface area (Å²) in [4.78, 5) is 12.2. The maximum atomic E-state index is 12.2. The molecule has 3 heteroatoms. The molecule has 0 spiro atoms. The lowest BCUT2D eigenvalue weighted by Crippen LogP contribution is -2.43. The van der Waals surface area contributed by atoms with E-state index in [-0.39, 0.29) is 5.92 Å². The molecule has 3 nitrogen and oxygen atoms in total. The predicted molar refractivity (Wildman–Crippen MR) is 97.3 cm³/mol. The fraction of sp³-hybridized carbons (Fsp3) is 0.476. The Balaban J connectivity index is 2.14. The average Bonchev–Trinajstić information content (AvgIpc) is 2.65. The van der Waals surface area contributed by atoms with E-state index in [0.29, 0.717) is 5.92 Å². The lowest BCUT2D eigenvalue weighted by Gasteiger charge is -2.27. The summed E-state index contributed by atoms with van der Waals surface area (Å²) in [5.41, 5.74) is -0.723. The van der Waals surface area contributed by atoms with Gasteiger partial charge in [0.05, 0.1) is 7.11 Å². The number of rotatable bonds is 6. The second-order valence-corrected chi connectivity index (χ2v) is 6.63. The van der Waals surface area contributed by atoms with Crippen LogP contribution in [0.15, 0.2) is 48.6 Å². The van der Waals surface area contributed by atoms with Crippen LogP contribution >= 0.6 is 0 Å².